The molecule has 2 aliphatic heterocycles. The maximum absolute atomic E-state index is 11.6. The number of ether oxygens (including phenoxy) is 1. The molecule has 5 nitrogen and oxygen atoms in total. The first-order chi connectivity index (χ1) is 10.9. The van der Waals surface area contributed by atoms with E-state index in [0.29, 0.717) is 31.7 Å². The van der Waals surface area contributed by atoms with Crippen molar-refractivity contribution in [2.45, 2.75) is 19.4 Å². The number of fused-ring (bicyclic) bond motifs is 1. The minimum absolute atomic E-state index is 0.302. The van der Waals surface area contributed by atoms with Crippen LogP contribution in [0.5, 0.6) is 5.75 Å². The van der Waals surface area contributed by atoms with Crippen LogP contribution >= 0.6 is 0 Å². The zero-order chi connectivity index (χ0) is 16.4. The van der Waals surface area contributed by atoms with Crippen LogP contribution in [0.4, 0.5) is 0 Å². The molecule has 2 heterocycles. The van der Waals surface area contributed by atoms with Gasteiger partial charge in [0, 0.05) is 31.2 Å². The molecule has 0 saturated carbocycles. The average molecular weight is 336 g/mol. The molecule has 6 heteroatoms. The summed E-state index contributed by atoms with van der Waals surface area (Å²) < 4.78 is 30.6. The summed E-state index contributed by atoms with van der Waals surface area (Å²) in [6.07, 6.45) is 4.32. The molecule has 0 amide bonds. The van der Waals surface area contributed by atoms with E-state index in [4.69, 9.17) is 4.74 Å². The van der Waals surface area contributed by atoms with Crippen molar-refractivity contribution in [1.29, 1.82) is 0 Å². The Morgan fingerprint density at radius 1 is 1.35 bits per heavy atom. The molecular weight excluding hydrogens is 312 g/mol. The zero-order valence-electron chi connectivity index (χ0n) is 13.7. The Labute approximate surface area is 138 Å². The van der Waals surface area contributed by atoms with Gasteiger partial charge in [0.15, 0.2) is 0 Å². The quantitative estimate of drug-likeness (QED) is 0.910. The number of hydrogen-bond acceptors (Lipinski definition) is 4. The van der Waals surface area contributed by atoms with E-state index in [2.05, 4.69) is 24.4 Å². The van der Waals surface area contributed by atoms with Crippen molar-refractivity contribution in [3.8, 4) is 5.75 Å². The maximum atomic E-state index is 11.6. The number of benzene rings is 1. The Morgan fingerprint density at radius 3 is 2.87 bits per heavy atom. The molecule has 1 N–H and O–H groups in total. The second-order valence-electron chi connectivity index (χ2n) is 6.50. The summed E-state index contributed by atoms with van der Waals surface area (Å²) in [5, 5.41) is 3.57. The van der Waals surface area contributed by atoms with Gasteiger partial charge in [0.1, 0.15) is 12.4 Å². The van der Waals surface area contributed by atoms with Gasteiger partial charge in [-0.3, -0.25) is 0 Å². The minimum atomic E-state index is -3.08. The monoisotopic (exact) mass is 336 g/mol. The summed E-state index contributed by atoms with van der Waals surface area (Å²) in [7, 11) is -3.08. The van der Waals surface area contributed by atoms with E-state index in [-0.39, 0.29) is 0 Å². The van der Waals surface area contributed by atoms with Crippen LogP contribution in [0.15, 0.2) is 29.8 Å². The molecule has 1 aromatic carbocycles. The van der Waals surface area contributed by atoms with Gasteiger partial charge < -0.3 is 10.1 Å². The van der Waals surface area contributed by atoms with Crippen LogP contribution in [-0.4, -0.2) is 51.3 Å². The molecule has 0 spiro atoms. The highest BCUT2D eigenvalue weighted by atomic mass is 32.2. The Bertz CT molecular complexity index is 700. The molecular formula is C17H24N2O3S. The van der Waals surface area contributed by atoms with Crippen LogP contribution in [-0.2, 0) is 10.0 Å². The van der Waals surface area contributed by atoms with Crippen LogP contribution < -0.4 is 10.1 Å². The number of sulfonamides is 1. The lowest BCUT2D eigenvalue weighted by molar-refractivity contribution is 0.222. The lowest BCUT2D eigenvalue weighted by Gasteiger charge is -2.36. The number of piperidine rings is 1. The first kappa shape index (κ1) is 16.5. The summed E-state index contributed by atoms with van der Waals surface area (Å²) in [5.74, 6) is 1.24. The van der Waals surface area contributed by atoms with Gasteiger partial charge in [-0.15, -0.1) is 0 Å². The van der Waals surface area contributed by atoms with E-state index in [1.165, 1.54) is 11.8 Å². The minimum Gasteiger partial charge on any atom is -0.489 e. The highest BCUT2D eigenvalue weighted by Crippen LogP contribution is 2.26. The van der Waals surface area contributed by atoms with Crippen LogP contribution in [0, 0.1) is 5.92 Å². The van der Waals surface area contributed by atoms with Gasteiger partial charge in [0.2, 0.25) is 10.0 Å². The first-order valence-corrected chi connectivity index (χ1v) is 9.88. The first-order valence-electron chi connectivity index (χ1n) is 8.03. The molecule has 0 radical (unpaired) electrons. The SMILES string of the molecule is C[C@H]1CN(S(C)(=O)=O)CC[C@@H]1NCC1=Cc2ccccc2OC1. The van der Waals surface area contributed by atoms with Gasteiger partial charge in [-0.25, -0.2) is 12.7 Å². The summed E-state index contributed by atoms with van der Waals surface area (Å²) in [6.45, 7) is 4.69. The topological polar surface area (TPSA) is 58.6 Å². The largest absolute Gasteiger partial charge is 0.489 e. The predicted molar refractivity (Wildman–Crippen MR) is 91.9 cm³/mol. The third-order valence-electron chi connectivity index (χ3n) is 4.62. The third-order valence-corrected chi connectivity index (χ3v) is 5.89. The van der Waals surface area contributed by atoms with Gasteiger partial charge in [0.25, 0.3) is 0 Å². The van der Waals surface area contributed by atoms with Crippen molar-refractivity contribution < 1.29 is 13.2 Å². The number of rotatable bonds is 4. The molecule has 2 aliphatic rings. The van der Waals surface area contributed by atoms with E-state index in [9.17, 15) is 8.42 Å². The van der Waals surface area contributed by atoms with Crippen molar-refractivity contribution in [3.05, 3.63) is 35.4 Å². The molecule has 0 bridgehead atoms. The van der Waals surface area contributed by atoms with E-state index in [0.717, 1.165) is 24.3 Å². The van der Waals surface area contributed by atoms with E-state index < -0.39 is 10.0 Å². The standard InChI is InChI=1S/C17H24N2O3S/c1-13-11-19(23(2,20)21)8-7-16(13)18-10-14-9-15-5-3-4-6-17(15)22-12-14/h3-6,9,13,16,18H,7-8,10-12H2,1-2H3/t13-,16-/m0/s1. The van der Waals surface area contributed by atoms with Gasteiger partial charge in [-0.05, 0) is 30.1 Å². The second-order valence-corrected chi connectivity index (χ2v) is 8.49. The number of nitrogens with one attached hydrogen (secondary N) is 1. The predicted octanol–water partition coefficient (Wildman–Crippen LogP) is 1.72. The van der Waals surface area contributed by atoms with Gasteiger partial charge in [-0.2, -0.15) is 0 Å². The van der Waals surface area contributed by atoms with Gasteiger partial charge in [-0.1, -0.05) is 25.1 Å². The third kappa shape index (κ3) is 3.94. The fraction of sp³-hybridized carbons (Fsp3) is 0.529. The normalized spacial score (nSPS) is 25.4. The van der Waals surface area contributed by atoms with Crippen LogP contribution in [0.3, 0.4) is 0 Å². The molecule has 126 valence electrons. The fourth-order valence-corrected chi connectivity index (χ4v) is 4.18. The average Bonchev–Trinajstić information content (AvgIpc) is 2.52. The summed E-state index contributed by atoms with van der Waals surface area (Å²) >= 11 is 0. The Kier molecular flexibility index (Phi) is 4.75. The lowest BCUT2D eigenvalue weighted by Crippen LogP contribution is -2.50. The molecule has 1 saturated heterocycles. The van der Waals surface area contributed by atoms with Crippen molar-refractivity contribution in [2.75, 3.05) is 32.5 Å². The molecule has 0 unspecified atom stereocenters. The van der Waals surface area contributed by atoms with Crippen LogP contribution in [0.2, 0.25) is 0 Å². The van der Waals surface area contributed by atoms with E-state index in [1.54, 1.807) is 4.31 Å². The summed E-state index contributed by atoms with van der Waals surface area (Å²) in [6, 6.07) is 8.37. The highest BCUT2D eigenvalue weighted by molar-refractivity contribution is 7.88. The van der Waals surface area contributed by atoms with Crippen molar-refractivity contribution >= 4 is 16.1 Å². The Hall–Kier alpha value is -1.37. The van der Waals surface area contributed by atoms with Crippen LogP contribution in [0.1, 0.15) is 18.9 Å². The second kappa shape index (κ2) is 6.63. The zero-order valence-corrected chi connectivity index (χ0v) is 14.5. The molecule has 0 aliphatic carbocycles. The lowest BCUT2D eigenvalue weighted by atomic mass is 9.95. The molecule has 0 aromatic heterocycles. The Morgan fingerprint density at radius 2 is 2.13 bits per heavy atom. The number of hydrogen-bond donors (Lipinski definition) is 1. The van der Waals surface area contributed by atoms with Crippen molar-refractivity contribution in [1.82, 2.24) is 9.62 Å². The molecule has 23 heavy (non-hydrogen) atoms. The molecule has 1 aromatic rings. The maximum Gasteiger partial charge on any atom is 0.211 e. The summed E-state index contributed by atoms with van der Waals surface area (Å²) in [5.41, 5.74) is 2.34. The van der Waals surface area contributed by atoms with Crippen molar-refractivity contribution in [2.24, 2.45) is 5.92 Å². The van der Waals surface area contributed by atoms with Gasteiger partial charge in [0.05, 0.1) is 6.26 Å². The van der Waals surface area contributed by atoms with E-state index >= 15 is 0 Å². The summed E-state index contributed by atoms with van der Waals surface area (Å²) in [4.78, 5) is 0. The highest BCUT2D eigenvalue weighted by Gasteiger charge is 2.30. The molecule has 2 atom stereocenters. The van der Waals surface area contributed by atoms with E-state index in [1.807, 2.05) is 18.2 Å². The number of para-hydroxylation sites is 1. The van der Waals surface area contributed by atoms with Crippen molar-refractivity contribution in [3.63, 3.8) is 0 Å². The van der Waals surface area contributed by atoms with Crippen LogP contribution in [0.25, 0.3) is 6.08 Å². The smallest absolute Gasteiger partial charge is 0.211 e. The van der Waals surface area contributed by atoms with Gasteiger partial charge >= 0.3 is 0 Å². The molecule has 3 rings (SSSR count). The fourth-order valence-electron chi connectivity index (χ4n) is 3.24. The molecule has 1 fully saturated rings. The Balaban J connectivity index is 1.57. The number of nitrogens with zero attached hydrogens (tertiary/aromatic N) is 1.